The Bertz CT molecular complexity index is 2350. The highest BCUT2D eigenvalue weighted by atomic mass is 32.1. The number of aromatic nitrogens is 4. The number of hydrogen-bond donors (Lipinski definition) is 1. The number of benzene rings is 4. The smallest absolute Gasteiger partial charge is 0.345 e. The third-order valence-electron chi connectivity index (χ3n) is 7.27. The molecule has 4 aromatic carbocycles. The molecule has 0 aliphatic carbocycles. The Morgan fingerprint density at radius 2 is 1.58 bits per heavy atom. The van der Waals surface area contributed by atoms with Gasteiger partial charge < -0.3 is 4.42 Å². The molecule has 0 atom stereocenters. The van der Waals surface area contributed by atoms with Crippen molar-refractivity contribution >= 4 is 55.2 Å². The number of nitrogens with one attached hydrogen (secondary N) is 1. The van der Waals surface area contributed by atoms with Crippen LogP contribution in [0, 0.1) is 0 Å². The van der Waals surface area contributed by atoms with E-state index in [-0.39, 0.29) is 0 Å². The minimum absolute atomic E-state index is 0.338. The van der Waals surface area contributed by atoms with Gasteiger partial charge in [0.1, 0.15) is 11.3 Å². The van der Waals surface area contributed by atoms with Crippen LogP contribution in [0.15, 0.2) is 135 Å². The molecule has 216 valence electrons. The summed E-state index contributed by atoms with van der Waals surface area (Å²) in [6.07, 6.45) is 3.45. The number of thiazole rings is 2. The molecule has 4 heterocycles. The van der Waals surface area contributed by atoms with Crippen LogP contribution >= 0.6 is 22.7 Å². The second-order valence-corrected chi connectivity index (χ2v) is 12.0. The van der Waals surface area contributed by atoms with Crippen LogP contribution in [0.4, 0.5) is 5.13 Å². The number of hydrogen-bond acceptors (Lipinski definition) is 9. The molecule has 8 rings (SSSR count). The van der Waals surface area contributed by atoms with E-state index in [0.717, 1.165) is 32.4 Å². The van der Waals surface area contributed by atoms with Crippen LogP contribution in [-0.4, -0.2) is 26.0 Å². The van der Waals surface area contributed by atoms with Crippen LogP contribution in [-0.2, 0) is 0 Å². The first-order valence-electron chi connectivity index (χ1n) is 14.1. The van der Waals surface area contributed by atoms with Crippen LogP contribution in [0.5, 0.6) is 0 Å². The van der Waals surface area contributed by atoms with Crippen molar-refractivity contribution in [1.29, 1.82) is 0 Å². The molecule has 4 aromatic heterocycles. The van der Waals surface area contributed by atoms with Gasteiger partial charge in [-0.25, -0.2) is 19.4 Å². The van der Waals surface area contributed by atoms with Gasteiger partial charge in [-0.1, -0.05) is 96.3 Å². The molecule has 0 aliphatic heterocycles. The van der Waals surface area contributed by atoms with Gasteiger partial charge >= 0.3 is 5.63 Å². The molecular formula is C35H22N6O2S2. The molecule has 0 bridgehead atoms. The molecule has 0 radical (unpaired) electrons. The molecule has 0 saturated heterocycles. The van der Waals surface area contributed by atoms with Gasteiger partial charge in [0.15, 0.2) is 0 Å². The highest BCUT2D eigenvalue weighted by molar-refractivity contribution is 7.20. The summed E-state index contributed by atoms with van der Waals surface area (Å²) in [7, 11) is 0. The highest BCUT2D eigenvalue weighted by Crippen LogP contribution is 2.29. The van der Waals surface area contributed by atoms with Crippen molar-refractivity contribution in [3.8, 4) is 38.8 Å². The van der Waals surface area contributed by atoms with E-state index < -0.39 is 5.63 Å². The molecule has 0 amide bonds. The lowest BCUT2D eigenvalue weighted by Gasteiger charge is -2.02. The second-order valence-electron chi connectivity index (χ2n) is 10.2. The van der Waals surface area contributed by atoms with Gasteiger partial charge in [-0.05, 0) is 35.4 Å². The fourth-order valence-electron chi connectivity index (χ4n) is 5.05. The van der Waals surface area contributed by atoms with Crippen molar-refractivity contribution < 1.29 is 4.42 Å². The summed E-state index contributed by atoms with van der Waals surface area (Å²) in [6, 6.07) is 35.7. The van der Waals surface area contributed by atoms with E-state index >= 15 is 0 Å². The van der Waals surface area contributed by atoms with Crippen LogP contribution in [0.2, 0.25) is 0 Å². The molecule has 0 fully saturated rings. The summed E-state index contributed by atoms with van der Waals surface area (Å²) >= 11 is 2.97. The van der Waals surface area contributed by atoms with Gasteiger partial charge in [-0.15, -0.1) is 11.3 Å². The normalized spacial score (nSPS) is 11.6. The Hall–Kier alpha value is -5.71. The quantitative estimate of drug-likeness (QED) is 0.109. The number of fused-ring (bicyclic) bond motifs is 2. The predicted octanol–water partition coefficient (Wildman–Crippen LogP) is 8.49. The molecule has 0 saturated carbocycles. The van der Waals surface area contributed by atoms with Crippen molar-refractivity contribution in [3.05, 3.63) is 137 Å². The maximum Gasteiger partial charge on any atom is 0.345 e. The summed E-state index contributed by atoms with van der Waals surface area (Å²) in [5.41, 5.74) is 9.56. The number of rotatable bonds is 7. The zero-order valence-corrected chi connectivity index (χ0v) is 25.1. The number of hydrazone groups is 1. The molecular weight excluding hydrogens is 601 g/mol. The van der Waals surface area contributed by atoms with Crippen molar-refractivity contribution in [1.82, 2.24) is 19.7 Å². The fourth-order valence-corrected chi connectivity index (χ4v) is 6.61. The lowest BCUT2D eigenvalue weighted by Crippen LogP contribution is -2.05. The van der Waals surface area contributed by atoms with Gasteiger partial charge in [0.2, 0.25) is 10.3 Å². The third kappa shape index (κ3) is 5.33. The summed E-state index contributed by atoms with van der Waals surface area (Å²) in [5, 5.41) is 13.4. The van der Waals surface area contributed by atoms with Crippen molar-refractivity contribution in [2.75, 3.05) is 5.43 Å². The standard InChI is InChI=1S/C35H22N6O2S2/c42-33-27(18-25-10-4-6-12-30(25)43-33)32-26(20-41(40-32)35-38-28-11-5-7-13-31(28)45-35)19-36-39-34-37-29(21-44-34)24-16-14-23(15-17-24)22-8-2-1-3-9-22/h1-21H,(H,37,39)/b36-19+. The van der Waals surface area contributed by atoms with Crippen molar-refractivity contribution in [2.24, 2.45) is 5.10 Å². The number of nitrogens with zero attached hydrogens (tertiary/aromatic N) is 5. The number of anilines is 1. The largest absolute Gasteiger partial charge is 0.422 e. The average molecular weight is 623 g/mol. The molecule has 0 unspecified atom stereocenters. The Morgan fingerprint density at radius 3 is 2.44 bits per heavy atom. The Kier molecular flexibility index (Phi) is 6.82. The van der Waals surface area contributed by atoms with Gasteiger partial charge in [-0.2, -0.15) is 10.2 Å². The van der Waals surface area contributed by atoms with Crippen LogP contribution in [0.1, 0.15) is 5.56 Å². The summed E-state index contributed by atoms with van der Waals surface area (Å²) < 4.78 is 8.35. The molecule has 8 aromatic rings. The second kappa shape index (κ2) is 11.4. The average Bonchev–Trinajstić information content (AvgIpc) is 3.84. The lowest BCUT2D eigenvalue weighted by molar-refractivity contribution is 0.563. The zero-order chi connectivity index (χ0) is 30.2. The minimum Gasteiger partial charge on any atom is -0.422 e. The van der Waals surface area contributed by atoms with Gasteiger partial charge in [-0.3, -0.25) is 5.43 Å². The maximum absolute atomic E-state index is 13.1. The van der Waals surface area contributed by atoms with Crippen LogP contribution in [0.3, 0.4) is 0 Å². The van der Waals surface area contributed by atoms with Crippen molar-refractivity contribution in [2.45, 2.75) is 0 Å². The van der Waals surface area contributed by atoms with Gasteiger partial charge in [0.05, 0.1) is 27.7 Å². The third-order valence-corrected chi connectivity index (χ3v) is 9.05. The first-order chi connectivity index (χ1) is 22.2. The van der Waals surface area contributed by atoms with E-state index in [9.17, 15) is 4.79 Å². The first-order valence-corrected chi connectivity index (χ1v) is 15.8. The fraction of sp³-hybridized carbons (Fsp3) is 0. The van der Waals surface area contributed by atoms with Crippen LogP contribution in [0.25, 0.3) is 60.0 Å². The van der Waals surface area contributed by atoms with Gasteiger partial charge in [0, 0.05) is 28.1 Å². The summed E-state index contributed by atoms with van der Waals surface area (Å²) in [6.45, 7) is 0. The molecule has 0 aliphatic rings. The van der Waals surface area contributed by atoms with E-state index in [4.69, 9.17) is 19.5 Å². The minimum atomic E-state index is -0.478. The topological polar surface area (TPSA) is 98.2 Å². The van der Waals surface area contributed by atoms with E-state index in [0.29, 0.717) is 32.7 Å². The predicted molar refractivity (Wildman–Crippen MR) is 182 cm³/mol. The molecule has 45 heavy (non-hydrogen) atoms. The summed E-state index contributed by atoms with van der Waals surface area (Å²) in [4.78, 5) is 22.6. The van der Waals surface area contributed by atoms with Gasteiger partial charge in [0.25, 0.3) is 0 Å². The van der Waals surface area contributed by atoms with E-state index in [1.807, 2.05) is 72.2 Å². The molecule has 10 heteroatoms. The number of para-hydroxylation sites is 2. The van der Waals surface area contributed by atoms with E-state index in [1.54, 1.807) is 23.0 Å². The van der Waals surface area contributed by atoms with Crippen LogP contribution < -0.4 is 11.1 Å². The Balaban J connectivity index is 1.10. The molecule has 8 nitrogen and oxygen atoms in total. The van der Waals surface area contributed by atoms with Crippen molar-refractivity contribution in [3.63, 3.8) is 0 Å². The Morgan fingerprint density at radius 1 is 0.822 bits per heavy atom. The highest BCUT2D eigenvalue weighted by Gasteiger charge is 2.18. The zero-order valence-electron chi connectivity index (χ0n) is 23.5. The monoisotopic (exact) mass is 622 g/mol. The SMILES string of the molecule is O=c1oc2ccccc2cc1-c1nn(-c2nc3ccccc3s2)cc1/C=N/Nc1nc(-c2ccc(-c3ccccc3)cc2)cs1. The molecule has 0 spiro atoms. The van der Waals surface area contributed by atoms with E-state index in [2.05, 4.69) is 46.9 Å². The maximum atomic E-state index is 13.1. The Labute approximate surface area is 264 Å². The molecule has 1 N–H and O–H groups in total. The lowest BCUT2D eigenvalue weighted by atomic mass is 10.0. The van der Waals surface area contributed by atoms with E-state index in [1.165, 1.54) is 28.2 Å². The summed E-state index contributed by atoms with van der Waals surface area (Å²) in [5.74, 6) is 0. The first kappa shape index (κ1) is 26.9.